The molecule has 0 saturated carbocycles. The van der Waals surface area contributed by atoms with Crippen molar-refractivity contribution in [3.05, 3.63) is 76.5 Å². The number of amides is 2. The third-order valence-corrected chi connectivity index (χ3v) is 4.81. The molecule has 3 rings (SSSR count). The summed E-state index contributed by atoms with van der Waals surface area (Å²) in [6, 6.07) is 15.3. The van der Waals surface area contributed by atoms with Crippen molar-refractivity contribution in [2.24, 2.45) is 0 Å². The normalized spacial score (nSPS) is 10.2. The van der Waals surface area contributed by atoms with Gasteiger partial charge in [-0.05, 0) is 58.8 Å². The number of ether oxygens (including phenoxy) is 2. The maximum atomic E-state index is 12.4. The smallest absolute Gasteiger partial charge is 0.310 e. The number of esters is 1. The molecule has 0 radical (unpaired) electrons. The topological polar surface area (TPSA) is 93.7 Å². The van der Waals surface area contributed by atoms with Crippen LogP contribution in [0.2, 0.25) is 0 Å². The van der Waals surface area contributed by atoms with Crippen LogP contribution in [0.5, 0.6) is 5.75 Å². The van der Waals surface area contributed by atoms with Crippen LogP contribution in [0.25, 0.3) is 0 Å². The Bertz CT molecular complexity index is 1020. The molecule has 0 atom stereocenters. The first-order valence-electron chi connectivity index (χ1n) is 9.06. The Kier molecular flexibility index (Phi) is 7.18. The molecule has 0 unspecified atom stereocenters. The van der Waals surface area contributed by atoms with Gasteiger partial charge in [-0.25, -0.2) is 0 Å². The molecule has 3 aromatic rings. The molecule has 1 heterocycles. The Morgan fingerprint density at radius 1 is 0.967 bits per heavy atom. The number of para-hydroxylation sites is 2. The largest absolute Gasteiger partial charge is 0.495 e. The van der Waals surface area contributed by atoms with E-state index in [2.05, 4.69) is 10.6 Å². The second-order valence-electron chi connectivity index (χ2n) is 6.25. The summed E-state index contributed by atoms with van der Waals surface area (Å²) in [5.41, 5.74) is 2.32. The number of nitrogens with one attached hydrogen (secondary N) is 2. The standard InChI is InChI=1S/C22H20N2O5S/c1-28-19-5-3-2-4-18(19)24-22(27)16-6-8-17(9-7-16)23-20(25)13-29-21(26)12-15-10-11-30-14-15/h2-11,14H,12-13H2,1H3,(H,23,25)(H,24,27). The van der Waals surface area contributed by atoms with Crippen molar-refractivity contribution in [2.45, 2.75) is 6.42 Å². The average molecular weight is 424 g/mol. The van der Waals surface area contributed by atoms with Gasteiger partial charge < -0.3 is 20.1 Å². The SMILES string of the molecule is COc1ccccc1NC(=O)c1ccc(NC(=O)COC(=O)Cc2ccsc2)cc1. The summed E-state index contributed by atoms with van der Waals surface area (Å²) in [4.78, 5) is 36.1. The van der Waals surface area contributed by atoms with E-state index in [1.807, 2.05) is 22.9 Å². The van der Waals surface area contributed by atoms with Crippen LogP contribution in [0.1, 0.15) is 15.9 Å². The highest BCUT2D eigenvalue weighted by Gasteiger charge is 2.11. The van der Waals surface area contributed by atoms with E-state index in [9.17, 15) is 14.4 Å². The van der Waals surface area contributed by atoms with Crippen LogP contribution < -0.4 is 15.4 Å². The summed E-state index contributed by atoms with van der Waals surface area (Å²) in [5, 5.41) is 9.13. The fourth-order valence-corrected chi connectivity index (χ4v) is 3.27. The Hall–Kier alpha value is -3.65. The summed E-state index contributed by atoms with van der Waals surface area (Å²) in [6.07, 6.45) is 0.132. The van der Waals surface area contributed by atoms with Crippen molar-refractivity contribution >= 4 is 40.5 Å². The molecule has 0 aliphatic carbocycles. The molecule has 8 heteroatoms. The number of methoxy groups -OCH3 is 1. The van der Waals surface area contributed by atoms with Crippen molar-refractivity contribution in [3.63, 3.8) is 0 Å². The first-order valence-corrected chi connectivity index (χ1v) is 10.0. The zero-order valence-corrected chi connectivity index (χ0v) is 17.0. The number of carbonyl (C=O) groups is 3. The lowest BCUT2D eigenvalue weighted by Crippen LogP contribution is -2.21. The molecule has 2 aromatic carbocycles. The van der Waals surface area contributed by atoms with Gasteiger partial charge in [-0.15, -0.1) is 0 Å². The molecule has 0 aliphatic heterocycles. The zero-order valence-electron chi connectivity index (χ0n) is 16.2. The van der Waals surface area contributed by atoms with Gasteiger partial charge in [-0.1, -0.05) is 12.1 Å². The van der Waals surface area contributed by atoms with E-state index in [1.165, 1.54) is 18.4 Å². The highest BCUT2D eigenvalue weighted by Crippen LogP contribution is 2.23. The number of carbonyl (C=O) groups excluding carboxylic acids is 3. The number of thiophene rings is 1. The van der Waals surface area contributed by atoms with E-state index >= 15 is 0 Å². The summed E-state index contributed by atoms with van der Waals surface area (Å²) in [6.45, 7) is -0.376. The van der Waals surface area contributed by atoms with Gasteiger partial charge in [-0.2, -0.15) is 11.3 Å². The average Bonchev–Trinajstić information content (AvgIpc) is 3.26. The third kappa shape index (κ3) is 5.92. The van der Waals surface area contributed by atoms with Crippen LogP contribution in [0.4, 0.5) is 11.4 Å². The number of hydrogen-bond acceptors (Lipinski definition) is 6. The minimum Gasteiger partial charge on any atom is -0.495 e. The fourth-order valence-electron chi connectivity index (χ4n) is 2.60. The van der Waals surface area contributed by atoms with Gasteiger partial charge >= 0.3 is 5.97 Å². The van der Waals surface area contributed by atoms with Gasteiger partial charge in [0, 0.05) is 11.3 Å². The van der Waals surface area contributed by atoms with E-state index in [-0.39, 0.29) is 18.9 Å². The molecule has 0 bridgehead atoms. The molecule has 0 fully saturated rings. The highest BCUT2D eigenvalue weighted by atomic mass is 32.1. The maximum Gasteiger partial charge on any atom is 0.310 e. The Labute approximate surface area is 177 Å². The van der Waals surface area contributed by atoms with Gasteiger partial charge in [0.25, 0.3) is 11.8 Å². The van der Waals surface area contributed by atoms with Crippen molar-refractivity contribution in [3.8, 4) is 5.75 Å². The minimum absolute atomic E-state index is 0.132. The molecule has 30 heavy (non-hydrogen) atoms. The molecule has 154 valence electrons. The van der Waals surface area contributed by atoms with E-state index in [0.717, 1.165) is 5.56 Å². The lowest BCUT2D eigenvalue weighted by Gasteiger charge is -2.10. The van der Waals surface area contributed by atoms with Crippen LogP contribution in [0.3, 0.4) is 0 Å². The summed E-state index contributed by atoms with van der Waals surface area (Å²) in [7, 11) is 1.53. The predicted octanol–water partition coefficient (Wildman–Crippen LogP) is 3.73. The zero-order chi connectivity index (χ0) is 21.3. The monoisotopic (exact) mass is 424 g/mol. The van der Waals surface area contributed by atoms with Crippen LogP contribution in [-0.4, -0.2) is 31.5 Å². The first-order chi connectivity index (χ1) is 14.5. The number of benzene rings is 2. The van der Waals surface area contributed by atoms with Gasteiger partial charge in [0.2, 0.25) is 0 Å². The van der Waals surface area contributed by atoms with Crippen LogP contribution in [-0.2, 0) is 20.7 Å². The van der Waals surface area contributed by atoms with Crippen molar-refractivity contribution in [1.29, 1.82) is 0 Å². The van der Waals surface area contributed by atoms with Crippen molar-refractivity contribution in [1.82, 2.24) is 0 Å². The van der Waals surface area contributed by atoms with Crippen LogP contribution in [0.15, 0.2) is 65.4 Å². The molecular weight excluding hydrogens is 404 g/mol. The molecule has 0 spiro atoms. The molecular formula is C22H20N2O5S. The Morgan fingerprint density at radius 2 is 1.73 bits per heavy atom. The lowest BCUT2D eigenvalue weighted by atomic mass is 10.2. The second-order valence-corrected chi connectivity index (χ2v) is 7.03. The lowest BCUT2D eigenvalue weighted by molar-refractivity contribution is -0.146. The predicted molar refractivity (Wildman–Crippen MR) is 115 cm³/mol. The van der Waals surface area contributed by atoms with Crippen LogP contribution >= 0.6 is 11.3 Å². The molecule has 2 N–H and O–H groups in total. The van der Waals surface area contributed by atoms with Gasteiger partial charge in [0.05, 0.1) is 19.2 Å². The third-order valence-electron chi connectivity index (χ3n) is 4.08. The van der Waals surface area contributed by atoms with E-state index in [4.69, 9.17) is 9.47 Å². The maximum absolute atomic E-state index is 12.4. The van der Waals surface area contributed by atoms with E-state index < -0.39 is 11.9 Å². The van der Waals surface area contributed by atoms with E-state index in [0.29, 0.717) is 22.7 Å². The quantitative estimate of drug-likeness (QED) is 0.538. The van der Waals surface area contributed by atoms with Gasteiger partial charge in [-0.3, -0.25) is 14.4 Å². The van der Waals surface area contributed by atoms with Gasteiger partial charge in [0.15, 0.2) is 6.61 Å². The number of rotatable bonds is 8. The molecule has 2 amide bonds. The molecule has 0 aliphatic rings. The first kappa shape index (κ1) is 21.1. The Morgan fingerprint density at radius 3 is 2.43 bits per heavy atom. The summed E-state index contributed by atoms with van der Waals surface area (Å²) < 4.78 is 10.2. The fraction of sp³-hybridized carbons (Fsp3) is 0.136. The molecule has 7 nitrogen and oxygen atoms in total. The summed E-state index contributed by atoms with van der Waals surface area (Å²) >= 11 is 1.49. The highest BCUT2D eigenvalue weighted by molar-refractivity contribution is 7.08. The van der Waals surface area contributed by atoms with Crippen molar-refractivity contribution in [2.75, 3.05) is 24.4 Å². The van der Waals surface area contributed by atoms with Gasteiger partial charge in [0.1, 0.15) is 5.75 Å². The molecule has 0 saturated heterocycles. The second kappa shape index (κ2) is 10.2. The van der Waals surface area contributed by atoms with Crippen molar-refractivity contribution < 1.29 is 23.9 Å². The number of hydrogen-bond donors (Lipinski definition) is 2. The summed E-state index contributed by atoms with van der Waals surface area (Å²) in [5.74, 6) is -0.671. The molecule has 1 aromatic heterocycles. The minimum atomic E-state index is -0.466. The number of anilines is 2. The Balaban J connectivity index is 1.49. The van der Waals surface area contributed by atoms with E-state index in [1.54, 1.807) is 42.5 Å². The van der Waals surface area contributed by atoms with Crippen LogP contribution in [0, 0.1) is 0 Å².